The second kappa shape index (κ2) is 5.46. The Bertz CT molecular complexity index is 491. The third kappa shape index (κ3) is 2.90. The molecule has 6 heteroatoms. The summed E-state index contributed by atoms with van der Waals surface area (Å²) >= 11 is 3.36. The lowest BCUT2D eigenvalue weighted by molar-refractivity contribution is -0.0370. The molecule has 1 saturated heterocycles. The lowest BCUT2D eigenvalue weighted by Crippen LogP contribution is -2.55. The van der Waals surface area contributed by atoms with E-state index >= 15 is 0 Å². The molecule has 1 aromatic rings. The number of morpholine rings is 1. The monoisotopic (exact) mass is 327 g/mol. The lowest BCUT2D eigenvalue weighted by Gasteiger charge is -2.42. The summed E-state index contributed by atoms with van der Waals surface area (Å²) in [6.45, 7) is 5.74. The lowest BCUT2D eigenvalue weighted by atomic mass is 10.0. The van der Waals surface area contributed by atoms with Crippen molar-refractivity contribution in [2.75, 3.05) is 32.1 Å². The summed E-state index contributed by atoms with van der Waals surface area (Å²) in [7, 11) is 1.76. The molecule has 104 valence electrons. The molecule has 0 saturated carbocycles. The van der Waals surface area contributed by atoms with Crippen LogP contribution in [0.1, 0.15) is 24.2 Å². The first-order chi connectivity index (χ1) is 8.95. The van der Waals surface area contributed by atoms with E-state index in [0.717, 1.165) is 4.47 Å². The molecule has 1 amide bonds. The quantitative estimate of drug-likeness (QED) is 0.904. The van der Waals surface area contributed by atoms with E-state index in [4.69, 9.17) is 4.74 Å². The number of aromatic nitrogens is 1. The highest BCUT2D eigenvalue weighted by Crippen LogP contribution is 2.25. The van der Waals surface area contributed by atoms with Crippen molar-refractivity contribution < 1.29 is 9.53 Å². The first-order valence-corrected chi connectivity index (χ1v) is 6.98. The smallest absolute Gasteiger partial charge is 0.258 e. The Morgan fingerprint density at radius 1 is 1.58 bits per heavy atom. The van der Waals surface area contributed by atoms with Crippen LogP contribution >= 0.6 is 15.9 Å². The molecule has 0 radical (unpaired) electrons. The number of halogens is 1. The van der Waals surface area contributed by atoms with Crippen LogP contribution in [0.25, 0.3) is 0 Å². The van der Waals surface area contributed by atoms with Gasteiger partial charge in [-0.25, -0.2) is 4.98 Å². The number of anilines is 1. The van der Waals surface area contributed by atoms with E-state index in [1.165, 1.54) is 0 Å². The summed E-state index contributed by atoms with van der Waals surface area (Å²) < 4.78 is 6.24. The average molecular weight is 328 g/mol. The number of hydrogen-bond donors (Lipinski definition) is 1. The van der Waals surface area contributed by atoms with Gasteiger partial charge in [0.2, 0.25) is 0 Å². The number of pyridine rings is 1. The summed E-state index contributed by atoms with van der Waals surface area (Å²) in [5.41, 5.74) is 0.273. The standard InChI is InChI=1S/C13H18BrN3O2/c1-13(2)8-19-5-4-17(13)12(18)10-6-9(14)7-16-11(10)15-3/h6-7H,4-5,8H2,1-3H3,(H,15,16). The van der Waals surface area contributed by atoms with E-state index < -0.39 is 0 Å². The van der Waals surface area contributed by atoms with Crippen LogP contribution < -0.4 is 5.32 Å². The van der Waals surface area contributed by atoms with Crippen LogP contribution in [0.3, 0.4) is 0 Å². The number of amides is 1. The highest BCUT2D eigenvalue weighted by Gasteiger charge is 2.35. The minimum atomic E-state index is -0.303. The maximum Gasteiger partial charge on any atom is 0.258 e. The summed E-state index contributed by atoms with van der Waals surface area (Å²) in [5.74, 6) is 0.571. The van der Waals surface area contributed by atoms with E-state index in [-0.39, 0.29) is 11.4 Å². The van der Waals surface area contributed by atoms with Gasteiger partial charge in [0.05, 0.1) is 24.3 Å². The number of nitrogens with zero attached hydrogens (tertiary/aromatic N) is 2. The van der Waals surface area contributed by atoms with Crippen molar-refractivity contribution in [2.45, 2.75) is 19.4 Å². The van der Waals surface area contributed by atoms with Gasteiger partial charge < -0.3 is 15.0 Å². The molecule has 19 heavy (non-hydrogen) atoms. The van der Waals surface area contributed by atoms with Gasteiger partial charge >= 0.3 is 0 Å². The summed E-state index contributed by atoms with van der Waals surface area (Å²) in [4.78, 5) is 18.8. The van der Waals surface area contributed by atoms with Crippen LogP contribution in [0.2, 0.25) is 0 Å². The van der Waals surface area contributed by atoms with E-state index in [2.05, 4.69) is 26.2 Å². The minimum Gasteiger partial charge on any atom is -0.377 e. The number of nitrogens with one attached hydrogen (secondary N) is 1. The molecule has 2 heterocycles. The Kier molecular flexibility index (Phi) is 4.10. The van der Waals surface area contributed by atoms with E-state index in [0.29, 0.717) is 31.1 Å². The number of ether oxygens (including phenoxy) is 1. The topological polar surface area (TPSA) is 54.5 Å². The van der Waals surface area contributed by atoms with Gasteiger partial charge in [-0.1, -0.05) is 0 Å². The van der Waals surface area contributed by atoms with Gasteiger partial charge in [-0.15, -0.1) is 0 Å². The SMILES string of the molecule is CNc1ncc(Br)cc1C(=O)N1CCOCC1(C)C. The van der Waals surface area contributed by atoms with Gasteiger partial charge in [-0.2, -0.15) is 0 Å². The molecule has 1 fully saturated rings. The maximum atomic E-state index is 12.7. The first kappa shape index (κ1) is 14.3. The molecule has 0 aromatic carbocycles. The molecule has 0 bridgehead atoms. The molecule has 1 N–H and O–H groups in total. The predicted octanol–water partition coefficient (Wildman–Crippen LogP) is 2.14. The Hall–Kier alpha value is -1.14. The van der Waals surface area contributed by atoms with Gasteiger partial charge in [0.1, 0.15) is 5.82 Å². The number of hydrogen-bond acceptors (Lipinski definition) is 4. The molecule has 0 atom stereocenters. The van der Waals surface area contributed by atoms with Crippen LogP contribution in [0.5, 0.6) is 0 Å². The number of rotatable bonds is 2. The van der Waals surface area contributed by atoms with Crippen LogP contribution in [0.15, 0.2) is 16.7 Å². The summed E-state index contributed by atoms with van der Waals surface area (Å²) in [6, 6.07) is 1.80. The minimum absolute atomic E-state index is 0.0218. The molecule has 1 aliphatic rings. The molecule has 2 rings (SSSR count). The van der Waals surface area contributed by atoms with Gasteiger partial charge in [-0.05, 0) is 35.8 Å². The highest BCUT2D eigenvalue weighted by atomic mass is 79.9. The third-order valence-electron chi connectivity index (χ3n) is 3.21. The van der Waals surface area contributed by atoms with Gasteiger partial charge in [0, 0.05) is 24.3 Å². The predicted molar refractivity (Wildman–Crippen MR) is 77.4 cm³/mol. The fourth-order valence-electron chi connectivity index (χ4n) is 2.18. The van der Waals surface area contributed by atoms with Crippen molar-refractivity contribution in [1.82, 2.24) is 9.88 Å². The van der Waals surface area contributed by atoms with Crippen molar-refractivity contribution in [3.63, 3.8) is 0 Å². The Morgan fingerprint density at radius 3 is 2.95 bits per heavy atom. The molecule has 0 spiro atoms. The van der Waals surface area contributed by atoms with Crippen molar-refractivity contribution >= 4 is 27.7 Å². The maximum absolute atomic E-state index is 12.7. The Labute approximate surface area is 121 Å². The molecule has 0 aliphatic carbocycles. The zero-order valence-electron chi connectivity index (χ0n) is 11.4. The summed E-state index contributed by atoms with van der Waals surface area (Å²) in [5, 5.41) is 2.96. The second-order valence-electron chi connectivity index (χ2n) is 5.12. The Morgan fingerprint density at radius 2 is 2.32 bits per heavy atom. The Balaban J connectivity index is 2.35. The van der Waals surface area contributed by atoms with Crippen molar-refractivity contribution in [1.29, 1.82) is 0 Å². The van der Waals surface area contributed by atoms with E-state index in [1.54, 1.807) is 19.3 Å². The average Bonchev–Trinajstić information content (AvgIpc) is 2.37. The van der Waals surface area contributed by atoms with Gasteiger partial charge in [0.15, 0.2) is 0 Å². The van der Waals surface area contributed by atoms with Crippen molar-refractivity contribution in [3.8, 4) is 0 Å². The third-order valence-corrected chi connectivity index (χ3v) is 3.65. The van der Waals surface area contributed by atoms with Crippen LogP contribution in [-0.4, -0.2) is 48.1 Å². The first-order valence-electron chi connectivity index (χ1n) is 6.19. The number of carbonyl (C=O) groups is 1. The number of carbonyl (C=O) groups excluding carboxylic acids is 1. The van der Waals surface area contributed by atoms with E-state index in [1.807, 2.05) is 18.7 Å². The van der Waals surface area contributed by atoms with Crippen molar-refractivity contribution in [2.24, 2.45) is 0 Å². The van der Waals surface area contributed by atoms with E-state index in [9.17, 15) is 4.79 Å². The molecular formula is C13H18BrN3O2. The fraction of sp³-hybridized carbons (Fsp3) is 0.538. The van der Waals surface area contributed by atoms with Crippen LogP contribution in [0, 0.1) is 0 Å². The normalized spacial score (nSPS) is 18.2. The fourth-order valence-corrected chi connectivity index (χ4v) is 2.51. The molecule has 1 aromatic heterocycles. The van der Waals surface area contributed by atoms with Crippen LogP contribution in [-0.2, 0) is 4.74 Å². The van der Waals surface area contributed by atoms with Gasteiger partial charge in [-0.3, -0.25) is 4.79 Å². The zero-order chi connectivity index (χ0) is 14.0. The molecule has 1 aliphatic heterocycles. The van der Waals surface area contributed by atoms with Crippen LogP contribution in [0.4, 0.5) is 5.82 Å². The highest BCUT2D eigenvalue weighted by molar-refractivity contribution is 9.10. The second-order valence-corrected chi connectivity index (χ2v) is 6.04. The van der Waals surface area contributed by atoms with Crippen molar-refractivity contribution in [3.05, 3.63) is 22.3 Å². The zero-order valence-corrected chi connectivity index (χ0v) is 13.0. The summed E-state index contributed by atoms with van der Waals surface area (Å²) in [6.07, 6.45) is 1.67. The van der Waals surface area contributed by atoms with Gasteiger partial charge in [0.25, 0.3) is 5.91 Å². The molecular weight excluding hydrogens is 310 g/mol. The molecule has 5 nitrogen and oxygen atoms in total. The molecule has 0 unspecified atom stereocenters. The largest absolute Gasteiger partial charge is 0.377 e.